The second kappa shape index (κ2) is 7.73. The number of para-hydroxylation sites is 1. The molecule has 0 saturated heterocycles. The van der Waals surface area contributed by atoms with Crippen LogP contribution in [-0.4, -0.2) is 16.9 Å². The molecule has 2 N–H and O–H groups in total. The molecule has 1 heterocycles. The van der Waals surface area contributed by atoms with Crippen molar-refractivity contribution in [3.05, 3.63) is 71.2 Å². The van der Waals surface area contributed by atoms with E-state index >= 15 is 0 Å². The first-order valence-corrected chi connectivity index (χ1v) is 9.13. The molecular weight excluding hydrogens is 327 g/mol. The zero-order valence-electron chi connectivity index (χ0n) is 15.5. The molecule has 4 heteroatoms. The molecule has 0 aliphatic heterocycles. The summed E-state index contributed by atoms with van der Waals surface area (Å²) >= 11 is 0. The number of carbonyl (C=O) groups is 1. The molecule has 0 aliphatic carbocycles. The zero-order valence-corrected chi connectivity index (χ0v) is 15.5. The number of rotatable bonds is 6. The largest absolute Gasteiger partial charge is 0.361 e. The molecule has 2 aromatic carbocycles. The first-order chi connectivity index (χ1) is 12.5. The van der Waals surface area contributed by atoms with Gasteiger partial charge in [0.05, 0.1) is 0 Å². The lowest BCUT2D eigenvalue weighted by Crippen LogP contribution is -2.31. The maximum absolute atomic E-state index is 13.8. The SMILES string of the molecule is CCc1cccc2c([C@@H](CC(=O)NC(C)C)c3cccc(F)c3)c[nH]c12. The Hall–Kier alpha value is -2.62. The van der Waals surface area contributed by atoms with E-state index in [1.165, 1.54) is 17.7 Å². The highest BCUT2D eigenvalue weighted by Gasteiger charge is 2.22. The van der Waals surface area contributed by atoms with E-state index in [0.29, 0.717) is 0 Å². The highest BCUT2D eigenvalue weighted by Crippen LogP contribution is 2.34. The number of halogens is 1. The van der Waals surface area contributed by atoms with Crippen LogP contribution in [0.4, 0.5) is 4.39 Å². The minimum absolute atomic E-state index is 0.0322. The van der Waals surface area contributed by atoms with E-state index in [1.807, 2.05) is 32.2 Å². The lowest BCUT2D eigenvalue weighted by Gasteiger charge is -2.18. The molecule has 1 amide bonds. The van der Waals surface area contributed by atoms with E-state index in [0.717, 1.165) is 28.5 Å². The van der Waals surface area contributed by atoms with Crippen LogP contribution in [0.25, 0.3) is 10.9 Å². The van der Waals surface area contributed by atoms with Crippen molar-refractivity contribution >= 4 is 16.8 Å². The van der Waals surface area contributed by atoms with Crippen molar-refractivity contribution in [3.63, 3.8) is 0 Å². The minimum atomic E-state index is -0.286. The predicted octanol–water partition coefficient (Wildman–Crippen LogP) is 4.92. The fourth-order valence-corrected chi connectivity index (χ4v) is 3.52. The van der Waals surface area contributed by atoms with Crippen LogP contribution < -0.4 is 5.32 Å². The number of H-pyrrole nitrogens is 1. The van der Waals surface area contributed by atoms with Crippen LogP contribution in [-0.2, 0) is 11.2 Å². The van der Waals surface area contributed by atoms with Crippen LogP contribution in [0, 0.1) is 5.82 Å². The molecule has 0 spiro atoms. The van der Waals surface area contributed by atoms with Crippen LogP contribution in [0.2, 0.25) is 0 Å². The van der Waals surface area contributed by atoms with Gasteiger partial charge in [-0.15, -0.1) is 0 Å². The van der Waals surface area contributed by atoms with Gasteiger partial charge in [-0.3, -0.25) is 4.79 Å². The molecule has 0 bridgehead atoms. The van der Waals surface area contributed by atoms with Gasteiger partial charge in [-0.1, -0.05) is 37.3 Å². The van der Waals surface area contributed by atoms with Gasteiger partial charge in [0.2, 0.25) is 5.91 Å². The van der Waals surface area contributed by atoms with Crippen molar-refractivity contribution in [3.8, 4) is 0 Å². The Balaban J connectivity index is 2.07. The molecular formula is C22H25FN2O. The third kappa shape index (κ3) is 3.79. The Morgan fingerprint density at radius 3 is 2.65 bits per heavy atom. The molecule has 0 saturated carbocycles. The molecule has 3 aromatic rings. The summed E-state index contributed by atoms with van der Waals surface area (Å²) in [5.41, 5.74) is 4.17. The van der Waals surface area contributed by atoms with Crippen LogP contribution >= 0.6 is 0 Å². The number of hydrogen-bond donors (Lipinski definition) is 2. The number of aryl methyl sites for hydroxylation is 1. The Morgan fingerprint density at radius 1 is 1.19 bits per heavy atom. The van der Waals surface area contributed by atoms with E-state index < -0.39 is 0 Å². The van der Waals surface area contributed by atoms with Crippen molar-refractivity contribution in [1.29, 1.82) is 0 Å². The van der Waals surface area contributed by atoms with Gasteiger partial charge < -0.3 is 10.3 Å². The van der Waals surface area contributed by atoms with Gasteiger partial charge in [-0.05, 0) is 49.1 Å². The second-order valence-electron chi connectivity index (χ2n) is 6.97. The number of nitrogens with one attached hydrogen (secondary N) is 2. The summed E-state index contributed by atoms with van der Waals surface area (Å²) in [6.45, 7) is 6.00. The summed E-state index contributed by atoms with van der Waals surface area (Å²) in [6, 6.07) is 12.8. The van der Waals surface area contributed by atoms with Crippen LogP contribution in [0.1, 0.15) is 49.8 Å². The summed E-state index contributed by atoms with van der Waals surface area (Å²) in [5.74, 6) is -0.522. The lowest BCUT2D eigenvalue weighted by atomic mass is 9.87. The van der Waals surface area contributed by atoms with Crippen molar-refractivity contribution in [2.45, 2.75) is 45.6 Å². The third-order valence-corrected chi connectivity index (χ3v) is 4.68. The number of hydrogen-bond acceptors (Lipinski definition) is 1. The molecule has 0 fully saturated rings. The zero-order chi connectivity index (χ0) is 18.7. The van der Waals surface area contributed by atoms with Crippen molar-refractivity contribution in [1.82, 2.24) is 10.3 Å². The summed E-state index contributed by atoms with van der Waals surface area (Å²) in [4.78, 5) is 15.8. The minimum Gasteiger partial charge on any atom is -0.361 e. The van der Waals surface area contributed by atoms with E-state index in [2.05, 4.69) is 29.4 Å². The second-order valence-corrected chi connectivity index (χ2v) is 6.97. The Bertz CT molecular complexity index is 913. The average molecular weight is 352 g/mol. The maximum Gasteiger partial charge on any atom is 0.221 e. The van der Waals surface area contributed by atoms with Crippen LogP contribution in [0.5, 0.6) is 0 Å². The fourth-order valence-electron chi connectivity index (χ4n) is 3.52. The van der Waals surface area contributed by atoms with Gasteiger partial charge in [0, 0.05) is 35.5 Å². The Labute approximate surface area is 153 Å². The summed E-state index contributed by atoms with van der Waals surface area (Å²) in [6.07, 6.45) is 3.17. The first kappa shape index (κ1) is 18.2. The fraction of sp³-hybridized carbons (Fsp3) is 0.318. The van der Waals surface area contributed by atoms with Gasteiger partial charge in [0.1, 0.15) is 5.82 Å². The number of aromatic amines is 1. The molecule has 3 rings (SSSR count). The van der Waals surface area contributed by atoms with Gasteiger partial charge in [-0.2, -0.15) is 0 Å². The third-order valence-electron chi connectivity index (χ3n) is 4.68. The monoisotopic (exact) mass is 352 g/mol. The highest BCUT2D eigenvalue weighted by molar-refractivity contribution is 5.88. The van der Waals surface area contributed by atoms with Crippen LogP contribution in [0.3, 0.4) is 0 Å². The molecule has 0 aliphatic rings. The van der Waals surface area contributed by atoms with Crippen LogP contribution in [0.15, 0.2) is 48.7 Å². The van der Waals surface area contributed by atoms with Crippen molar-refractivity contribution in [2.75, 3.05) is 0 Å². The van der Waals surface area contributed by atoms with E-state index in [4.69, 9.17) is 0 Å². The number of amides is 1. The number of carbonyl (C=O) groups excluding carboxylic acids is 1. The standard InChI is InChI=1S/C22H25FN2O/c1-4-15-7-6-10-18-20(13-24-22(15)18)19(12-21(26)25-14(2)3)16-8-5-9-17(23)11-16/h5-11,13-14,19,24H,4,12H2,1-3H3,(H,25,26)/t19-/m0/s1. The summed E-state index contributed by atoms with van der Waals surface area (Å²) in [7, 11) is 0. The number of aromatic nitrogens is 1. The predicted molar refractivity (Wildman–Crippen MR) is 104 cm³/mol. The summed E-state index contributed by atoms with van der Waals surface area (Å²) in [5, 5.41) is 4.04. The quantitative estimate of drug-likeness (QED) is 0.650. The Morgan fingerprint density at radius 2 is 1.96 bits per heavy atom. The van der Waals surface area contributed by atoms with E-state index in [1.54, 1.807) is 6.07 Å². The first-order valence-electron chi connectivity index (χ1n) is 9.13. The van der Waals surface area contributed by atoms with Crippen molar-refractivity contribution < 1.29 is 9.18 Å². The maximum atomic E-state index is 13.8. The highest BCUT2D eigenvalue weighted by atomic mass is 19.1. The molecule has 136 valence electrons. The van der Waals surface area contributed by atoms with Crippen molar-refractivity contribution in [2.24, 2.45) is 0 Å². The molecule has 26 heavy (non-hydrogen) atoms. The summed E-state index contributed by atoms with van der Waals surface area (Å²) < 4.78 is 13.8. The van der Waals surface area contributed by atoms with E-state index in [9.17, 15) is 9.18 Å². The molecule has 3 nitrogen and oxygen atoms in total. The molecule has 0 radical (unpaired) electrons. The topological polar surface area (TPSA) is 44.9 Å². The number of fused-ring (bicyclic) bond motifs is 1. The number of benzene rings is 2. The van der Waals surface area contributed by atoms with Gasteiger partial charge in [-0.25, -0.2) is 4.39 Å². The van der Waals surface area contributed by atoms with E-state index in [-0.39, 0.29) is 30.1 Å². The molecule has 0 unspecified atom stereocenters. The van der Waals surface area contributed by atoms with Gasteiger partial charge in [0.15, 0.2) is 0 Å². The lowest BCUT2D eigenvalue weighted by molar-refractivity contribution is -0.121. The van der Waals surface area contributed by atoms with Gasteiger partial charge in [0.25, 0.3) is 0 Å². The molecule has 1 atom stereocenters. The molecule has 1 aromatic heterocycles. The average Bonchev–Trinajstić information content (AvgIpc) is 3.03. The normalized spacial score (nSPS) is 12.5. The smallest absolute Gasteiger partial charge is 0.221 e. The van der Waals surface area contributed by atoms with Gasteiger partial charge >= 0.3 is 0 Å². The Kier molecular flexibility index (Phi) is 5.40.